The molecule has 1 amide bonds. The maximum Gasteiger partial charge on any atom is 0.269 e. The number of fused-ring (bicyclic) bond motifs is 2. The van der Waals surface area contributed by atoms with Gasteiger partial charge in [-0.25, -0.2) is 9.97 Å². The molecule has 2 aromatic heterocycles. The predicted octanol–water partition coefficient (Wildman–Crippen LogP) is 3.47. The molecule has 0 bridgehead atoms. The number of carbonyl (C=O) groups excluding carboxylic acids is 1. The highest BCUT2D eigenvalue weighted by Gasteiger charge is 2.21. The molecule has 0 aliphatic rings. The number of hydrogen-bond acceptors (Lipinski definition) is 5. The average molecular weight is 376 g/mol. The number of nitrogens with zero attached hydrogens (tertiary/aromatic N) is 3. The number of rotatable bonds is 3. The highest BCUT2D eigenvalue weighted by atomic mass is 16.3. The van der Waals surface area contributed by atoms with Gasteiger partial charge in [-0.2, -0.15) is 0 Å². The molecule has 0 radical (unpaired) electrons. The first-order valence-electron chi connectivity index (χ1n) is 8.97. The van der Waals surface area contributed by atoms with Crippen LogP contribution in [0.1, 0.15) is 26.7 Å². The van der Waals surface area contributed by atoms with Crippen LogP contribution in [0.3, 0.4) is 0 Å². The Morgan fingerprint density at radius 1 is 1.14 bits per heavy atom. The second kappa shape index (κ2) is 6.60. The van der Waals surface area contributed by atoms with E-state index in [0.717, 1.165) is 0 Å². The summed E-state index contributed by atoms with van der Waals surface area (Å²) in [6.45, 7) is 5.97. The van der Waals surface area contributed by atoms with Crippen LogP contribution in [0.2, 0.25) is 0 Å². The van der Waals surface area contributed by atoms with Gasteiger partial charge in [0.15, 0.2) is 5.58 Å². The zero-order valence-corrected chi connectivity index (χ0v) is 15.9. The zero-order valence-electron chi connectivity index (χ0n) is 15.9. The van der Waals surface area contributed by atoms with Crippen molar-refractivity contribution in [1.82, 2.24) is 14.5 Å². The Bertz CT molecular complexity index is 1250. The smallest absolute Gasteiger partial charge is 0.269 e. The Morgan fingerprint density at radius 2 is 1.93 bits per heavy atom. The highest BCUT2D eigenvalue weighted by Crippen LogP contribution is 2.27. The third kappa shape index (κ3) is 3.38. The third-order valence-corrected chi connectivity index (χ3v) is 4.37. The molecule has 4 aromatic rings. The van der Waals surface area contributed by atoms with Crippen molar-refractivity contribution in [1.29, 1.82) is 0 Å². The summed E-state index contributed by atoms with van der Waals surface area (Å²) < 4.78 is 7.18. The van der Waals surface area contributed by atoms with Gasteiger partial charge in [0.05, 0.1) is 17.2 Å². The van der Waals surface area contributed by atoms with E-state index in [1.165, 1.54) is 10.8 Å². The maximum absolute atomic E-state index is 12.5. The minimum atomic E-state index is -0.323. The largest absolute Gasteiger partial charge is 0.440 e. The lowest BCUT2D eigenvalue weighted by Crippen LogP contribution is -2.27. The van der Waals surface area contributed by atoms with E-state index < -0.39 is 0 Å². The molecule has 28 heavy (non-hydrogen) atoms. The first-order chi connectivity index (χ1) is 13.3. The van der Waals surface area contributed by atoms with Gasteiger partial charge < -0.3 is 9.73 Å². The van der Waals surface area contributed by atoms with Gasteiger partial charge in [-0.1, -0.05) is 32.9 Å². The Kier molecular flexibility index (Phi) is 4.22. The Balaban J connectivity index is 1.59. The van der Waals surface area contributed by atoms with Crippen molar-refractivity contribution >= 4 is 33.7 Å². The fourth-order valence-corrected chi connectivity index (χ4v) is 2.95. The molecule has 0 spiro atoms. The molecule has 1 N–H and O–H groups in total. The predicted molar refractivity (Wildman–Crippen MR) is 107 cm³/mol. The SMILES string of the molecule is CC(C)(C)c1nc2cc(NC(=O)Cn3c(=O)cnc4ccccc43)ccc2o1. The van der Waals surface area contributed by atoms with Crippen LogP contribution in [0.15, 0.2) is 57.9 Å². The van der Waals surface area contributed by atoms with Crippen molar-refractivity contribution in [3.05, 3.63) is 64.9 Å². The Hall–Kier alpha value is -3.48. The summed E-state index contributed by atoms with van der Waals surface area (Å²) in [6, 6.07) is 12.5. The maximum atomic E-state index is 12.5. The van der Waals surface area contributed by atoms with Crippen molar-refractivity contribution in [3.8, 4) is 0 Å². The summed E-state index contributed by atoms with van der Waals surface area (Å²) in [4.78, 5) is 33.3. The number of carbonyl (C=O) groups is 1. The van der Waals surface area contributed by atoms with E-state index in [4.69, 9.17) is 4.42 Å². The minimum absolute atomic E-state index is 0.105. The zero-order chi connectivity index (χ0) is 19.9. The summed E-state index contributed by atoms with van der Waals surface area (Å²) in [5.74, 6) is 0.332. The summed E-state index contributed by atoms with van der Waals surface area (Å²) in [5, 5.41) is 2.82. The van der Waals surface area contributed by atoms with Crippen LogP contribution in [0.25, 0.3) is 22.1 Å². The molecule has 0 aliphatic heterocycles. The van der Waals surface area contributed by atoms with Crippen LogP contribution >= 0.6 is 0 Å². The van der Waals surface area contributed by atoms with Gasteiger partial charge in [0.2, 0.25) is 11.8 Å². The molecule has 4 rings (SSSR count). The number of anilines is 1. The Labute approximate surface area is 161 Å². The number of aromatic nitrogens is 3. The van der Waals surface area contributed by atoms with Crippen molar-refractivity contribution in [2.24, 2.45) is 0 Å². The van der Waals surface area contributed by atoms with Crippen LogP contribution in [0, 0.1) is 0 Å². The fourth-order valence-electron chi connectivity index (χ4n) is 2.95. The molecule has 0 saturated carbocycles. The van der Waals surface area contributed by atoms with E-state index >= 15 is 0 Å². The molecule has 0 fully saturated rings. The molecule has 0 atom stereocenters. The van der Waals surface area contributed by atoms with Gasteiger partial charge in [-0.05, 0) is 30.3 Å². The average Bonchev–Trinajstić information content (AvgIpc) is 3.08. The van der Waals surface area contributed by atoms with Crippen molar-refractivity contribution < 1.29 is 9.21 Å². The topological polar surface area (TPSA) is 90.0 Å². The third-order valence-electron chi connectivity index (χ3n) is 4.37. The van der Waals surface area contributed by atoms with Crippen LogP contribution in [-0.4, -0.2) is 20.4 Å². The van der Waals surface area contributed by atoms with Crippen molar-refractivity contribution in [2.45, 2.75) is 32.7 Å². The summed E-state index contributed by atoms with van der Waals surface area (Å²) in [5.41, 5.74) is 2.69. The molecule has 7 heteroatoms. The number of hydrogen-bond donors (Lipinski definition) is 1. The molecule has 2 heterocycles. The fraction of sp³-hybridized carbons (Fsp3) is 0.238. The normalized spacial score (nSPS) is 11.8. The molecular formula is C21H20N4O3. The van der Waals surface area contributed by atoms with Crippen LogP contribution in [0.4, 0.5) is 5.69 Å². The monoisotopic (exact) mass is 376 g/mol. The van der Waals surface area contributed by atoms with E-state index in [0.29, 0.717) is 33.7 Å². The van der Waals surface area contributed by atoms with Crippen LogP contribution < -0.4 is 10.9 Å². The lowest BCUT2D eigenvalue weighted by Gasteiger charge is -2.11. The summed E-state index contributed by atoms with van der Waals surface area (Å²) >= 11 is 0. The van der Waals surface area contributed by atoms with Gasteiger partial charge in [0, 0.05) is 11.1 Å². The summed E-state index contributed by atoms with van der Waals surface area (Å²) in [6.07, 6.45) is 1.23. The second-order valence-electron chi connectivity index (χ2n) is 7.67. The standard InChI is InChI=1S/C21H20N4O3/c1-21(2,3)20-24-15-10-13(8-9-17(15)28-20)23-18(26)12-25-16-7-5-4-6-14(16)22-11-19(25)27/h4-11H,12H2,1-3H3,(H,23,26). The van der Waals surface area contributed by atoms with Crippen LogP contribution in [-0.2, 0) is 16.8 Å². The van der Waals surface area contributed by atoms with Gasteiger partial charge in [-0.15, -0.1) is 0 Å². The minimum Gasteiger partial charge on any atom is -0.440 e. The number of benzene rings is 2. The van der Waals surface area contributed by atoms with Crippen molar-refractivity contribution in [3.63, 3.8) is 0 Å². The van der Waals surface area contributed by atoms with E-state index in [9.17, 15) is 9.59 Å². The number of oxazole rings is 1. The summed E-state index contributed by atoms with van der Waals surface area (Å²) in [7, 11) is 0. The van der Waals surface area contributed by atoms with Gasteiger partial charge in [-0.3, -0.25) is 14.2 Å². The molecule has 7 nitrogen and oxygen atoms in total. The van der Waals surface area contributed by atoms with Crippen LogP contribution in [0.5, 0.6) is 0 Å². The van der Waals surface area contributed by atoms with E-state index in [2.05, 4.69) is 15.3 Å². The quantitative estimate of drug-likeness (QED) is 0.591. The van der Waals surface area contributed by atoms with E-state index in [-0.39, 0.29) is 23.4 Å². The molecule has 0 aliphatic carbocycles. The van der Waals surface area contributed by atoms with Gasteiger partial charge in [0.1, 0.15) is 12.1 Å². The first kappa shape index (κ1) is 17.9. The number of amides is 1. The van der Waals surface area contributed by atoms with E-state index in [1.54, 1.807) is 30.3 Å². The van der Waals surface area contributed by atoms with Gasteiger partial charge >= 0.3 is 0 Å². The van der Waals surface area contributed by atoms with Crippen molar-refractivity contribution in [2.75, 3.05) is 5.32 Å². The number of para-hydroxylation sites is 2. The molecule has 142 valence electrons. The van der Waals surface area contributed by atoms with E-state index in [1.807, 2.05) is 32.9 Å². The Morgan fingerprint density at radius 3 is 2.71 bits per heavy atom. The van der Waals surface area contributed by atoms with Gasteiger partial charge in [0.25, 0.3) is 5.56 Å². The molecular weight excluding hydrogens is 356 g/mol. The lowest BCUT2D eigenvalue weighted by molar-refractivity contribution is -0.116. The lowest BCUT2D eigenvalue weighted by atomic mass is 9.97. The molecule has 0 unspecified atom stereocenters. The second-order valence-corrected chi connectivity index (χ2v) is 7.67. The first-order valence-corrected chi connectivity index (χ1v) is 8.97. The molecule has 2 aromatic carbocycles. The highest BCUT2D eigenvalue weighted by molar-refractivity contribution is 5.93. The number of nitrogens with one attached hydrogen (secondary N) is 1. The molecule has 0 saturated heterocycles.